The van der Waals surface area contributed by atoms with Crippen LogP contribution in [0.5, 0.6) is 5.88 Å². The molecule has 2 aromatic heterocycles. The fourth-order valence-electron chi connectivity index (χ4n) is 2.80. The highest BCUT2D eigenvalue weighted by Gasteiger charge is 2.43. The number of aliphatic imine (C=N–C) groups is 1. The van der Waals surface area contributed by atoms with E-state index in [-0.39, 0.29) is 29.0 Å². The quantitative estimate of drug-likeness (QED) is 0.684. The maximum absolute atomic E-state index is 14.5. The minimum atomic E-state index is -3.82. The number of sulfonamides is 1. The number of carbonyl (C=O) groups is 1. The maximum Gasteiger partial charge on any atom is 0.277 e. The van der Waals surface area contributed by atoms with Crippen LogP contribution in [0.1, 0.15) is 30.0 Å². The molecule has 3 N–H and O–H groups in total. The summed E-state index contributed by atoms with van der Waals surface area (Å²) in [6.45, 7) is 3.59. The van der Waals surface area contributed by atoms with Crippen molar-refractivity contribution in [3.8, 4) is 5.88 Å². The summed E-state index contributed by atoms with van der Waals surface area (Å²) in [5.74, 6) is -2.00. The highest BCUT2D eigenvalue weighted by atomic mass is 32.2. The molecule has 3 heterocycles. The molecule has 0 bridgehead atoms. The number of nitrogens with two attached hydrogens (primary N) is 1. The van der Waals surface area contributed by atoms with E-state index in [4.69, 9.17) is 10.5 Å². The number of nitrogens with zero attached hydrogens (tertiary/aromatic N) is 5. The van der Waals surface area contributed by atoms with Crippen molar-refractivity contribution >= 4 is 27.7 Å². The van der Waals surface area contributed by atoms with E-state index in [9.17, 15) is 17.6 Å². The van der Waals surface area contributed by atoms with Crippen molar-refractivity contribution in [2.24, 2.45) is 10.7 Å². The molecule has 11 nitrogen and oxygen atoms in total. The third-order valence-electron chi connectivity index (χ3n) is 4.32. The molecule has 160 valence electrons. The lowest BCUT2D eigenvalue weighted by molar-refractivity contribution is 0.102. The zero-order valence-electron chi connectivity index (χ0n) is 16.5. The first-order chi connectivity index (χ1) is 14.1. The Hall–Kier alpha value is -3.35. The molecule has 13 heteroatoms. The molecule has 2 aromatic rings. The number of aromatic nitrogens is 3. The van der Waals surface area contributed by atoms with Crippen molar-refractivity contribution in [1.82, 2.24) is 19.3 Å². The molecule has 0 saturated heterocycles. The number of anilines is 1. The van der Waals surface area contributed by atoms with Crippen molar-refractivity contribution in [2.75, 3.05) is 24.7 Å². The van der Waals surface area contributed by atoms with Crippen LogP contribution in [0.15, 0.2) is 29.5 Å². The molecule has 3 rings (SSSR count). The van der Waals surface area contributed by atoms with Gasteiger partial charge in [0.2, 0.25) is 21.9 Å². The van der Waals surface area contributed by atoms with Gasteiger partial charge in [0.15, 0.2) is 0 Å². The fourth-order valence-corrected chi connectivity index (χ4v) is 4.23. The Morgan fingerprint density at radius 1 is 1.37 bits per heavy atom. The number of guanidine groups is 1. The van der Waals surface area contributed by atoms with Gasteiger partial charge in [0, 0.05) is 7.05 Å². The minimum absolute atomic E-state index is 0.0125. The van der Waals surface area contributed by atoms with Crippen LogP contribution in [-0.2, 0) is 15.6 Å². The van der Waals surface area contributed by atoms with E-state index in [0.717, 1.165) is 10.4 Å². The Morgan fingerprint density at radius 3 is 2.70 bits per heavy atom. The van der Waals surface area contributed by atoms with Crippen LogP contribution in [0, 0.1) is 5.82 Å². The normalized spacial score (nSPS) is 20.4. The molecule has 0 aliphatic carbocycles. The fraction of sp³-hybridized carbons (Fsp3) is 0.353. The van der Waals surface area contributed by atoms with Gasteiger partial charge < -0.3 is 15.8 Å². The van der Waals surface area contributed by atoms with E-state index in [0.29, 0.717) is 6.61 Å². The molecule has 0 unspecified atom stereocenters. The third-order valence-corrected chi connectivity index (χ3v) is 6.26. The maximum atomic E-state index is 14.5. The van der Waals surface area contributed by atoms with Gasteiger partial charge in [0.05, 0.1) is 19.0 Å². The number of nitrogens with one attached hydrogen (secondary N) is 1. The monoisotopic (exact) mass is 437 g/mol. The van der Waals surface area contributed by atoms with E-state index in [1.165, 1.54) is 32.4 Å². The van der Waals surface area contributed by atoms with Gasteiger partial charge in [-0.3, -0.25) is 4.79 Å². The first-order valence-corrected chi connectivity index (χ1v) is 10.4. The largest absolute Gasteiger partial charge is 0.477 e. The van der Waals surface area contributed by atoms with Crippen molar-refractivity contribution < 1.29 is 22.3 Å². The molecule has 0 saturated carbocycles. The van der Waals surface area contributed by atoms with E-state index in [1.54, 1.807) is 6.92 Å². The second-order valence-electron chi connectivity index (χ2n) is 6.62. The number of hydrogen-bond donors (Lipinski definition) is 2. The lowest BCUT2D eigenvalue weighted by Gasteiger charge is -2.33. The first kappa shape index (κ1) is 21.4. The lowest BCUT2D eigenvalue weighted by atomic mass is 10.00. The zero-order chi connectivity index (χ0) is 22.1. The minimum Gasteiger partial charge on any atom is -0.477 e. The Bertz CT molecular complexity index is 1110. The van der Waals surface area contributed by atoms with Crippen LogP contribution in [0.25, 0.3) is 0 Å². The summed E-state index contributed by atoms with van der Waals surface area (Å²) in [5.41, 5.74) is 3.85. The molecule has 0 radical (unpaired) electrons. The highest BCUT2D eigenvalue weighted by Crippen LogP contribution is 2.32. The smallest absolute Gasteiger partial charge is 0.277 e. The van der Waals surface area contributed by atoms with Crippen LogP contribution in [0.2, 0.25) is 0 Å². The predicted octanol–water partition coefficient (Wildman–Crippen LogP) is 0.467. The van der Waals surface area contributed by atoms with Crippen LogP contribution >= 0.6 is 0 Å². The first-order valence-electron chi connectivity index (χ1n) is 8.81. The standard InChI is InChI=1S/C17H20FN7O4S/c1-4-29-13-8-20-11(7-21-13)15(26)23-12-6-5-10(18)14(22-12)17(2)9-30(27,28)25(3)16(19)24-17/h5-8H,4,9H2,1-3H3,(H2,19,24)(H,22,23,26)/t17-/m0/s1. The van der Waals surface area contributed by atoms with E-state index < -0.39 is 33.0 Å². The van der Waals surface area contributed by atoms with E-state index in [2.05, 4.69) is 25.3 Å². The molecule has 1 amide bonds. The number of amides is 1. The zero-order valence-corrected chi connectivity index (χ0v) is 17.3. The Kier molecular flexibility index (Phi) is 5.57. The van der Waals surface area contributed by atoms with Gasteiger partial charge in [-0.2, -0.15) is 0 Å². The van der Waals surface area contributed by atoms with Gasteiger partial charge in [-0.1, -0.05) is 0 Å². The van der Waals surface area contributed by atoms with Crippen LogP contribution in [-0.4, -0.2) is 58.9 Å². The average Bonchev–Trinajstić information content (AvgIpc) is 2.68. The van der Waals surface area contributed by atoms with Gasteiger partial charge in [0.1, 0.15) is 34.3 Å². The summed E-state index contributed by atoms with van der Waals surface area (Å²) in [7, 11) is -2.56. The third kappa shape index (κ3) is 4.15. The Balaban J connectivity index is 1.89. The van der Waals surface area contributed by atoms with Crippen molar-refractivity contribution in [3.05, 3.63) is 41.7 Å². The topological polar surface area (TPSA) is 153 Å². The molecule has 1 atom stereocenters. The number of halogens is 1. The number of ether oxygens (including phenoxy) is 1. The van der Waals surface area contributed by atoms with Gasteiger partial charge in [-0.05, 0) is 26.0 Å². The lowest BCUT2D eigenvalue weighted by Crippen LogP contribution is -2.50. The van der Waals surface area contributed by atoms with E-state index in [1.807, 2.05) is 0 Å². The summed E-state index contributed by atoms with van der Waals surface area (Å²) >= 11 is 0. The second-order valence-corrected chi connectivity index (χ2v) is 8.62. The van der Waals surface area contributed by atoms with Crippen molar-refractivity contribution in [2.45, 2.75) is 19.4 Å². The number of rotatable bonds is 5. The van der Waals surface area contributed by atoms with E-state index >= 15 is 0 Å². The molecular formula is C17H20FN7O4S. The summed E-state index contributed by atoms with van der Waals surface area (Å²) < 4.78 is 45.2. The van der Waals surface area contributed by atoms with Crippen LogP contribution in [0.4, 0.5) is 10.2 Å². The molecule has 1 aliphatic heterocycles. The predicted molar refractivity (Wildman–Crippen MR) is 106 cm³/mol. The number of hydrogen-bond acceptors (Lipinski definition) is 9. The molecule has 0 aromatic carbocycles. The van der Waals surface area contributed by atoms with Gasteiger partial charge >= 0.3 is 0 Å². The summed E-state index contributed by atoms with van der Waals surface area (Å²) in [6.07, 6.45) is 2.52. The SMILES string of the molecule is CCOc1cnc(C(=O)Nc2ccc(F)c([C@]3(C)CS(=O)(=O)N(C)C(N)=N3)n2)cn1. The summed E-state index contributed by atoms with van der Waals surface area (Å²) in [4.78, 5) is 28.5. The van der Waals surface area contributed by atoms with Crippen LogP contribution < -0.4 is 15.8 Å². The number of carbonyl (C=O) groups excluding carboxylic acids is 1. The highest BCUT2D eigenvalue weighted by molar-refractivity contribution is 7.89. The Morgan fingerprint density at radius 2 is 2.10 bits per heavy atom. The average molecular weight is 437 g/mol. The molecule has 30 heavy (non-hydrogen) atoms. The van der Waals surface area contributed by atoms with Gasteiger partial charge in [-0.25, -0.2) is 37.1 Å². The molecule has 0 fully saturated rings. The molecular weight excluding hydrogens is 417 g/mol. The van der Waals surface area contributed by atoms with Crippen molar-refractivity contribution in [1.29, 1.82) is 0 Å². The van der Waals surface area contributed by atoms with Crippen molar-refractivity contribution in [3.63, 3.8) is 0 Å². The second kappa shape index (κ2) is 7.82. The van der Waals surface area contributed by atoms with Gasteiger partial charge in [0.25, 0.3) is 5.91 Å². The van der Waals surface area contributed by atoms with Gasteiger partial charge in [-0.15, -0.1) is 0 Å². The summed E-state index contributed by atoms with van der Waals surface area (Å²) in [5, 5.41) is 2.47. The number of pyridine rings is 1. The summed E-state index contributed by atoms with van der Waals surface area (Å²) in [6, 6.07) is 2.29. The Labute approximate surface area is 172 Å². The molecule has 1 aliphatic rings. The molecule has 0 spiro atoms. The van der Waals surface area contributed by atoms with Crippen LogP contribution in [0.3, 0.4) is 0 Å².